The van der Waals surface area contributed by atoms with Crippen molar-refractivity contribution in [1.82, 2.24) is 10.9 Å². The van der Waals surface area contributed by atoms with Gasteiger partial charge in [0.15, 0.2) is 6.61 Å². The van der Waals surface area contributed by atoms with Crippen LogP contribution in [-0.2, 0) is 16.0 Å². The third kappa shape index (κ3) is 6.05. The second kappa shape index (κ2) is 10.6. The van der Waals surface area contributed by atoms with Crippen LogP contribution < -0.4 is 15.8 Å². The fourth-order valence-electron chi connectivity index (χ4n) is 2.82. The first-order chi connectivity index (χ1) is 13.9. The van der Waals surface area contributed by atoms with Gasteiger partial charge in [0.1, 0.15) is 4.88 Å². The molecule has 0 fully saturated rings. The van der Waals surface area contributed by atoms with Crippen molar-refractivity contribution < 1.29 is 19.1 Å². The lowest BCUT2D eigenvalue weighted by Crippen LogP contribution is -2.43. The van der Waals surface area contributed by atoms with Gasteiger partial charge in [-0.05, 0) is 63.1 Å². The number of aryl methyl sites for hydroxylation is 2. The average molecular weight is 418 g/mol. The molecule has 0 saturated carbocycles. The molecule has 29 heavy (non-hydrogen) atoms. The summed E-state index contributed by atoms with van der Waals surface area (Å²) in [4.78, 5) is 39.7. The van der Waals surface area contributed by atoms with Crippen LogP contribution in [0.3, 0.4) is 0 Å². The van der Waals surface area contributed by atoms with Crippen LogP contribution >= 0.6 is 11.3 Å². The van der Waals surface area contributed by atoms with Gasteiger partial charge >= 0.3 is 5.97 Å². The number of amides is 2. The number of anilines is 1. The summed E-state index contributed by atoms with van der Waals surface area (Å²) in [7, 11) is 0. The topological polar surface area (TPSA) is 87.7 Å². The van der Waals surface area contributed by atoms with Crippen LogP contribution in [0, 0.1) is 6.92 Å². The summed E-state index contributed by atoms with van der Waals surface area (Å²) in [6.07, 6.45) is 0.831. The molecule has 0 unspecified atom stereocenters. The van der Waals surface area contributed by atoms with E-state index in [0.29, 0.717) is 10.4 Å². The van der Waals surface area contributed by atoms with E-state index >= 15 is 0 Å². The van der Waals surface area contributed by atoms with Crippen molar-refractivity contribution in [2.75, 3.05) is 24.6 Å². The first-order valence-electron chi connectivity index (χ1n) is 9.60. The van der Waals surface area contributed by atoms with Crippen LogP contribution in [0.5, 0.6) is 0 Å². The molecule has 7 nitrogen and oxygen atoms in total. The molecular formula is C21H27N3O4S. The Hall–Kier alpha value is -2.87. The number of rotatable bonds is 8. The molecule has 156 valence electrons. The number of esters is 1. The van der Waals surface area contributed by atoms with Gasteiger partial charge in [0.25, 0.3) is 11.8 Å². The molecule has 0 bridgehead atoms. The summed E-state index contributed by atoms with van der Waals surface area (Å²) >= 11 is 1.34. The summed E-state index contributed by atoms with van der Waals surface area (Å²) in [5.41, 5.74) is 7.10. The zero-order chi connectivity index (χ0) is 21.4. The van der Waals surface area contributed by atoms with E-state index in [1.807, 2.05) is 26.0 Å². The van der Waals surface area contributed by atoms with E-state index < -0.39 is 24.4 Å². The van der Waals surface area contributed by atoms with Gasteiger partial charge in [0, 0.05) is 29.2 Å². The predicted octanol–water partition coefficient (Wildman–Crippen LogP) is 3.08. The minimum atomic E-state index is -0.615. The largest absolute Gasteiger partial charge is 0.451 e. The van der Waals surface area contributed by atoms with Crippen LogP contribution in [0.1, 0.15) is 51.2 Å². The predicted molar refractivity (Wildman–Crippen MR) is 114 cm³/mol. The van der Waals surface area contributed by atoms with E-state index in [2.05, 4.69) is 29.6 Å². The van der Waals surface area contributed by atoms with Gasteiger partial charge in [0.2, 0.25) is 0 Å². The van der Waals surface area contributed by atoms with Crippen LogP contribution in [0.4, 0.5) is 5.69 Å². The highest BCUT2D eigenvalue weighted by molar-refractivity contribution is 7.14. The van der Waals surface area contributed by atoms with Crippen molar-refractivity contribution in [1.29, 1.82) is 0 Å². The number of hydrazine groups is 1. The summed E-state index contributed by atoms with van der Waals surface area (Å²) in [5, 5.41) is 0. The first kappa shape index (κ1) is 22.4. The number of nitrogens with zero attached hydrogens (tertiary/aromatic N) is 1. The second-order valence-electron chi connectivity index (χ2n) is 6.34. The highest BCUT2D eigenvalue weighted by atomic mass is 32.1. The second-order valence-corrected chi connectivity index (χ2v) is 7.60. The molecule has 0 saturated heterocycles. The Bertz CT molecular complexity index is 857. The minimum Gasteiger partial charge on any atom is -0.451 e. The molecule has 2 aromatic rings. The lowest BCUT2D eigenvalue weighted by atomic mass is 10.2. The standard InChI is InChI=1S/C21H27N3O4S/c1-5-15-12-18(29-14(15)4)21(27)28-13-19(25)22-23-20(26)16-8-10-17(11-9-16)24(6-2)7-3/h8-12H,5-7,13H2,1-4H3,(H,22,25)(H,23,26). The lowest BCUT2D eigenvalue weighted by Gasteiger charge is -2.21. The normalized spacial score (nSPS) is 10.3. The van der Waals surface area contributed by atoms with Gasteiger partial charge in [-0.1, -0.05) is 6.92 Å². The first-order valence-corrected chi connectivity index (χ1v) is 10.4. The number of carbonyl (C=O) groups excluding carboxylic acids is 3. The van der Waals surface area contributed by atoms with Gasteiger partial charge in [-0.3, -0.25) is 20.4 Å². The molecule has 0 atom stereocenters. The quantitative estimate of drug-likeness (QED) is 0.509. The number of thiophene rings is 1. The van der Waals surface area contributed by atoms with Crippen molar-refractivity contribution in [2.24, 2.45) is 0 Å². The Morgan fingerprint density at radius 2 is 1.69 bits per heavy atom. The van der Waals surface area contributed by atoms with Crippen LogP contribution in [0.15, 0.2) is 30.3 Å². The van der Waals surface area contributed by atoms with Gasteiger partial charge in [0.05, 0.1) is 0 Å². The van der Waals surface area contributed by atoms with Crippen molar-refractivity contribution in [3.8, 4) is 0 Å². The van der Waals surface area contributed by atoms with Gasteiger partial charge in [-0.15, -0.1) is 11.3 Å². The average Bonchev–Trinajstić information content (AvgIpc) is 3.12. The molecule has 1 aromatic heterocycles. The summed E-state index contributed by atoms with van der Waals surface area (Å²) in [5.74, 6) is -1.61. The zero-order valence-electron chi connectivity index (χ0n) is 17.2. The van der Waals surface area contributed by atoms with Gasteiger partial charge < -0.3 is 9.64 Å². The molecule has 0 spiro atoms. The molecule has 2 amide bonds. The van der Waals surface area contributed by atoms with Crippen molar-refractivity contribution in [3.63, 3.8) is 0 Å². The third-order valence-electron chi connectivity index (χ3n) is 4.51. The highest BCUT2D eigenvalue weighted by Gasteiger charge is 2.15. The van der Waals surface area contributed by atoms with Crippen molar-refractivity contribution in [3.05, 3.63) is 51.2 Å². The molecule has 1 aromatic carbocycles. The van der Waals surface area contributed by atoms with Crippen LogP contribution in [0.2, 0.25) is 0 Å². The monoisotopic (exact) mass is 417 g/mol. The molecular weight excluding hydrogens is 390 g/mol. The maximum absolute atomic E-state index is 12.2. The molecule has 0 aliphatic rings. The molecule has 8 heteroatoms. The molecule has 0 radical (unpaired) electrons. The van der Waals surface area contributed by atoms with Gasteiger partial charge in [-0.2, -0.15) is 0 Å². The maximum Gasteiger partial charge on any atom is 0.348 e. The van der Waals surface area contributed by atoms with Crippen LogP contribution in [0.25, 0.3) is 0 Å². The smallest absolute Gasteiger partial charge is 0.348 e. The van der Waals surface area contributed by atoms with E-state index in [9.17, 15) is 14.4 Å². The van der Waals surface area contributed by atoms with Gasteiger partial charge in [-0.25, -0.2) is 4.79 Å². The molecule has 2 rings (SSSR count). The third-order valence-corrected chi connectivity index (χ3v) is 5.58. The van der Waals surface area contributed by atoms with Crippen LogP contribution in [-0.4, -0.2) is 37.5 Å². The lowest BCUT2D eigenvalue weighted by molar-refractivity contribution is -0.125. The summed E-state index contributed by atoms with van der Waals surface area (Å²) in [6, 6.07) is 8.89. The Labute approximate surface area is 175 Å². The Morgan fingerprint density at radius 1 is 1.03 bits per heavy atom. The molecule has 1 heterocycles. The fourth-order valence-corrected chi connectivity index (χ4v) is 3.83. The number of benzene rings is 1. The SMILES string of the molecule is CCc1cc(C(=O)OCC(=O)NNC(=O)c2ccc(N(CC)CC)cc2)sc1C. The van der Waals surface area contributed by atoms with Crippen molar-refractivity contribution in [2.45, 2.75) is 34.1 Å². The Balaban J connectivity index is 1.80. The van der Waals surface area contributed by atoms with E-state index in [0.717, 1.165) is 35.6 Å². The van der Waals surface area contributed by atoms with E-state index in [1.165, 1.54) is 11.3 Å². The molecule has 0 aliphatic carbocycles. The van der Waals surface area contributed by atoms with E-state index in [4.69, 9.17) is 4.74 Å². The number of carbonyl (C=O) groups is 3. The zero-order valence-corrected chi connectivity index (χ0v) is 18.0. The Morgan fingerprint density at radius 3 is 2.24 bits per heavy atom. The maximum atomic E-state index is 12.2. The number of hydrogen-bond donors (Lipinski definition) is 2. The number of ether oxygens (including phenoxy) is 1. The molecule has 0 aliphatic heterocycles. The fraction of sp³-hybridized carbons (Fsp3) is 0.381. The van der Waals surface area contributed by atoms with E-state index in [-0.39, 0.29) is 0 Å². The highest BCUT2D eigenvalue weighted by Crippen LogP contribution is 2.22. The van der Waals surface area contributed by atoms with Crippen molar-refractivity contribution >= 4 is 34.8 Å². The number of nitrogens with one attached hydrogen (secondary N) is 2. The summed E-state index contributed by atoms with van der Waals surface area (Å²) < 4.78 is 5.01. The minimum absolute atomic E-state index is 0.416. The summed E-state index contributed by atoms with van der Waals surface area (Å²) in [6.45, 7) is 9.36. The number of hydrogen-bond acceptors (Lipinski definition) is 6. The molecule has 2 N–H and O–H groups in total. The Kier molecular flexibility index (Phi) is 8.21. The van der Waals surface area contributed by atoms with E-state index in [1.54, 1.807) is 18.2 Å².